The van der Waals surface area contributed by atoms with Crippen LogP contribution >= 0.6 is 0 Å². The summed E-state index contributed by atoms with van der Waals surface area (Å²) in [6.07, 6.45) is 1.87. The number of aromatic hydroxyl groups is 1. The molecule has 7 aromatic carbocycles. The maximum absolute atomic E-state index is 11.8. The lowest BCUT2D eigenvalue weighted by Crippen LogP contribution is -2.02. The molecule has 9 rings (SSSR count). The molecule has 0 spiro atoms. The molecule has 9 aromatic rings. The van der Waals surface area contributed by atoms with Crippen molar-refractivity contribution >= 4 is 11.0 Å². The number of imidazole rings is 1. The van der Waals surface area contributed by atoms with Gasteiger partial charge >= 0.3 is 0 Å². The summed E-state index contributed by atoms with van der Waals surface area (Å²) in [5, 5.41) is 11.8. The van der Waals surface area contributed by atoms with Gasteiger partial charge in [0.25, 0.3) is 0 Å². The third-order valence-corrected chi connectivity index (χ3v) is 11.5. The van der Waals surface area contributed by atoms with Crippen molar-refractivity contribution in [2.75, 3.05) is 0 Å². The Morgan fingerprint density at radius 2 is 1.17 bits per heavy atom. The molecule has 0 saturated carbocycles. The molecule has 0 amide bonds. The van der Waals surface area contributed by atoms with E-state index in [1.54, 1.807) is 0 Å². The van der Waals surface area contributed by atoms with Crippen LogP contribution in [0.15, 0.2) is 170 Å². The molecule has 0 saturated heterocycles. The van der Waals surface area contributed by atoms with E-state index in [1.165, 1.54) is 0 Å². The predicted octanol–water partition coefficient (Wildman–Crippen LogP) is 15.0. The molecular formula is C56H49N3O. The molecule has 1 N–H and O–H groups in total. The van der Waals surface area contributed by atoms with Gasteiger partial charge in [-0.3, -0.25) is 9.55 Å². The summed E-state index contributed by atoms with van der Waals surface area (Å²) >= 11 is 0. The Morgan fingerprint density at radius 1 is 0.517 bits per heavy atom. The lowest BCUT2D eigenvalue weighted by atomic mass is 9.93. The van der Waals surface area contributed by atoms with E-state index in [0.717, 1.165) is 94.7 Å². The van der Waals surface area contributed by atoms with Crippen molar-refractivity contribution in [1.29, 1.82) is 0 Å². The fourth-order valence-corrected chi connectivity index (χ4v) is 8.27. The minimum atomic E-state index is -0.819. The number of hydrogen-bond acceptors (Lipinski definition) is 3. The molecule has 0 aliphatic carbocycles. The number of aromatic nitrogens is 3. The van der Waals surface area contributed by atoms with E-state index in [0.29, 0.717) is 11.4 Å². The van der Waals surface area contributed by atoms with Crippen molar-refractivity contribution in [3.05, 3.63) is 192 Å². The van der Waals surface area contributed by atoms with Gasteiger partial charge in [0.1, 0.15) is 11.6 Å². The van der Waals surface area contributed by atoms with Crippen LogP contribution in [0.3, 0.4) is 0 Å². The number of nitrogens with zero attached hydrogens (tertiary/aromatic N) is 3. The van der Waals surface area contributed by atoms with Gasteiger partial charge in [0.05, 0.1) is 28.0 Å². The smallest absolute Gasteiger partial charge is 0.149 e. The van der Waals surface area contributed by atoms with E-state index in [9.17, 15) is 5.11 Å². The van der Waals surface area contributed by atoms with E-state index in [1.807, 2.05) is 108 Å². The van der Waals surface area contributed by atoms with Gasteiger partial charge in [-0.15, -0.1) is 0 Å². The molecule has 2 aromatic heterocycles. The Morgan fingerprint density at radius 3 is 1.88 bits per heavy atom. The highest BCUT2D eigenvalue weighted by atomic mass is 16.3. The average molecular weight is 782 g/mol. The number of rotatable bonds is 9. The van der Waals surface area contributed by atoms with Crippen LogP contribution in [-0.2, 0) is 0 Å². The quantitative estimate of drug-likeness (QED) is 0.159. The van der Waals surface area contributed by atoms with E-state index in [2.05, 4.69) is 108 Å². The highest BCUT2D eigenvalue weighted by Gasteiger charge is 2.24. The molecular weight excluding hydrogens is 731 g/mol. The second-order valence-electron chi connectivity index (χ2n) is 16.2. The Kier molecular flexibility index (Phi) is 9.59. The van der Waals surface area contributed by atoms with Gasteiger partial charge in [-0.2, -0.15) is 0 Å². The second kappa shape index (κ2) is 16.0. The SMILES string of the molecule is [2H]C(C)(C)c1ccc(-c2ccnc(-c3cc(-c4ccccc4)cc(-c4cccc5c4nc(-c4cc(C)cc(C)c4O)n5-c4ccc(C([2H])(C)C)cc4-c4ccccc4)c3)c2)cc1. The van der Waals surface area contributed by atoms with E-state index >= 15 is 0 Å². The van der Waals surface area contributed by atoms with Gasteiger partial charge in [-0.1, -0.05) is 137 Å². The van der Waals surface area contributed by atoms with Gasteiger partial charge in [-0.25, -0.2) is 4.98 Å². The Hall–Kier alpha value is -7.04. The molecule has 0 aliphatic rings. The Labute approximate surface area is 356 Å². The maximum Gasteiger partial charge on any atom is 0.149 e. The monoisotopic (exact) mass is 781 g/mol. The van der Waals surface area contributed by atoms with Crippen molar-refractivity contribution in [1.82, 2.24) is 14.5 Å². The number of pyridine rings is 1. The highest BCUT2D eigenvalue weighted by molar-refractivity contribution is 5.98. The average Bonchev–Trinajstić information content (AvgIpc) is 3.67. The molecule has 0 fully saturated rings. The van der Waals surface area contributed by atoms with Crippen molar-refractivity contribution in [2.45, 2.75) is 53.3 Å². The predicted molar refractivity (Wildman–Crippen MR) is 251 cm³/mol. The number of phenols is 1. The topological polar surface area (TPSA) is 50.9 Å². The number of hydrogen-bond donors (Lipinski definition) is 1. The fraction of sp³-hybridized carbons (Fsp3) is 0.143. The van der Waals surface area contributed by atoms with Crippen LogP contribution in [0.2, 0.25) is 0 Å². The molecule has 0 atom stereocenters. The molecule has 60 heavy (non-hydrogen) atoms. The van der Waals surface area contributed by atoms with Gasteiger partial charge in [-0.05, 0) is 136 Å². The molecule has 0 aliphatic heterocycles. The minimum absolute atomic E-state index is 0.191. The first-order valence-electron chi connectivity index (χ1n) is 21.5. The molecule has 0 radical (unpaired) electrons. The van der Waals surface area contributed by atoms with Crippen LogP contribution in [0, 0.1) is 13.8 Å². The zero-order valence-electron chi connectivity index (χ0n) is 37.0. The summed E-state index contributed by atoms with van der Waals surface area (Å²) < 4.78 is 19.6. The highest BCUT2D eigenvalue weighted by Crippen LogP contribution is 2.43. The molecule has 4 nitrogen and oxygen atoms in total. The van der Waals surface area contributed by atoms with Crippen LogP contribution in [0.1, 0.15) is 64.5 Å². The molecule has 4 heteroatoms. The number of para-hydroxylation sites is 1. The number of fused-ring (bicyclic) bond motifs is 1. The Balaban J connectivity index is 1.29. The third kappa shape index (κ3) is 7.30. The summed E-state index contributed by atoms with van der Waals surface area (Å²) in [5.41, 5.74) is 16.9. The van der Waals surface area contributed by atoms with Gasteiger partial charge in [0, 0.05) is 25.6 Å². The second-order valence-corrected chi connectivity index (χ2v) is 16.2. The maximum atomic E-state index is 11.8. The van der Waals surface area contributed by atoms with E-state index in [4.69, 9.17) is 12.7 Å². The summed E-state index contributed by atoms with van der Waals surface area (Å²) in [6, 6.07) is 56.3. The first kappa shape index (κ1) is 36.1. The molecule has 0 unspecified atom stereocenters. The van der Waals surface area contributed by atoms with Crippen LogP contribution in [0.25, 0.3) is 83.9 Å². The van der Waals surface area contributed by atoms with Crippen molar-refractivity contribution in [3.8, 4) is 78.6 Å². The number of aryl methyl sites for hydroxylation is 2. The molecule has 2 heterocycles. The minimum Gasteiger partial charge on any atom is -0.507 e. The first-order chi connectivity index (χ1) is 29.7. The van der Waals surface area contributed by atoms with Crippen LogP contribution in [0.4, 0.5) is 0 Å². The summed E-state index contributed by atoms with van der Waals surface area (Å²) in [7, 11) is 0. The van der Waals surface area contributed by atoms with Crippen LogP contribution in [-0.4, -0.2) is 19.6 Å². The van der Waals surface area contributed by atoms with Crippen LogP contribution in [0.5, 0.6) is 5.75 Å². The zero-order valence-corrected chi connectivity index (χ0v) is 35.0. The number of phenolic OH excluding ortho intramolecular Hbond substituents is 1. The van der Waals surface area contributed by atoms with Crippen molar-refractivity contribution in [2.24, 2.45) is 0 Å². The standard InChI is InChI=1S/C56H49N3O/c1-35(2)39-20-22-41(23-21-39)44-26-27-57-51(34-44)47-31-45(40-14-9-7-10-15-40)30-46(32-47)48-18-13-19-53-54(48)58-56(50-29-37(5)28-38(6)55(50)60)59(53)52-25-24-43(36(3)4)33-49(52)42-16-11-8-12-17-42/h7-36,60H,1-6H3/i35D,36D. The third-order valence-electron chi connectivity index (χ3n) is 11.5. The lowest BCUT2D eigenvalue weighted by Gasteiger charge is -2.18. The molecule has 0 bridgehead atoms. The summed E-state index contributed by atoms with van der Waals surface area (Å²) in [5.74, 6) is -0.680. The first-order valence-corrected chi connectivity index (χ1v) is 20.5. The Bertz CT molecular complexity index is 3100. The lowest BCUT2D eigenvalue weighted by molar-refractivity contribution is 0.472. The van der Waals surface area contributed by atoms with E-state index in [-0.39, 0.29) is 5.75 Å². The van der Waals surface area contributed by atoms with Crippen LogP contribution < -0.4 is 0 Å². The van der Waals surface area contributed by atoms with Crippen molar-refractivity contribution in [3.63, 3.8) is 0 Å². The normalized spacial score (nSPS) is 12.4. The fourth-order valence-electron chi connectivity index (χ4n) is 8.27. The van der Waals surface area contributed by atoms with Crippen molar-refractivity contribution < 1.29 is 7.85 Å². The summed E-state index contributed by atoms with van der Waals surface area (Å²) in [6.45, 7) is 11.6. The van der Waals surface area contributed by atoms with Gasteiger partial charge in [0.15, 0.2) is 0 Å². The largest absolute Gasteiger partial charge is 0.507 e. The molecule has 294 valence electrons. The summed E-state index contributed by atoms with van der Waals surface area (Å²) in [4.78, 5) is 10.4. The zero-order chi connectivity index (χ0) is 43.3. The van der Waals surface area contributed by atoms with Gasteiger partial charge in [0.2, 0.25) is 0 Å². The van der Waals surface area contributed by atoms with Gasteiger partial charge < -0.3 is 5.11 Å². The van der Waals surface area contributed by atoms with E-state index < -0.39 is 11.8 Å². The number of benzene rings is 7.